The van der Waals surface area contributed by atoms with Gasteiger partial charge in [0.05, 0.1) is 5.69 Å². The number of aromatic hydroxyl groups is 1. The molecule has 0 atom stereocenters. The van der Waals surface area contributed by atoms with Gasteiger partial charge in [-0.2, -0.15) is 0 Å². The van der Waals surface area contributed by atoms with Gasteiger partial charge in [-0.3, -0.25) is 0 Å². The van der Waals surface area contributed by atoms with Crippen molar-refractivity contribution in [2.45, 2.75) is 10.1 Å². The Labute approximate surface area is 95.2 Å². The van der Waals surface area contributed by atoms with Crippen molar-refractivity contribution in [1.29, 1.82) is 0 Å². The quantitative estimate of drug-likeness (QED) is 0.487. The molecule has 15 heavy (non-hydrogen) atoms. The molecule has 2 aromatic rings. The molecule has 3 N–H and O–H groups in total. The minimum atomic E-state index is 0.125. The van der Waals surface area contributed by atoms with E-state index < -0.39 is 0 Å². The number of aromatic nitrogens is 2. The number of phenolic OH excluding ortho intramolecular Hbond substituents is 1. The highest BCUT2D eigenvalue weighted by Gasteiger charge is 2.01. The summed E-state index contributed by atoms with van der Waals surface area (Å²) >= 11 is 3.11. The van der Waals surface area contributed by atoms with E-state index in [-0.39, 0.29) is 5.75 Å². The number of nitrogen functional groups attached to an aromatic ring is 1. The Morgan fingerprint density at radius 3 is 3.00 bits per heavy atom. The van der Waals surface area contributed by atoms with Crippen molar-refractivity contribution in [3.8, 4) is 5.75 Å². The highest BCUT2D eigenvalue weighted by atomic mass is 32.2. The third-order valence-corrected chi connectivity index (χ3v) is 3.73. The fourth-order valence-electron chi connectivity index (χ4n) is 1.06. The van der Waals surface area contributed by atoms with Crippen molar-refractivity contribution in [3.63, 3.8) is 0 Å². The van der Waals surface area contributed by atoms with E-state index in [0.717, 1.165) is 15.7 Å². The number of hydrogen-bond donors (Lipinski definition) is 2. The van der Waals surface area contributed by atoms with Gasteiger partial charge in [-0.15, -0.1) is 10.2 Å². The highest BCUT2D eigenvalue weighted by molar-refractivity contribution is 8.00. The summed E-state index contributed by atoms with van der Waals surface area (Å²) < 4.78 is 0.932. The van der Waals surface area contributed by atoms with Crippen LogP contribution in [-0.4, -0.2) is 15.3 Å². The average Bonchev–Trinajstić information content (AvgIpc) is 2.73. The normalized spacial score (nSPS) is 10.4. The number of phenols is 1. The first-order valence-electron chi connectivity index (χ1n) is 4.22. The summed E-state index contributed by atoms with van der Waals surface area (Å²) in [7, 11) is 0. The van der Waals surface area contributed by atoms with Gasteiger partial charge >= 0.3 is 0 Å². The molecule has 0 bridgehead atoms. The summed E-state index contributed by atoms with van der Waals surface area (Å²) in [6.07, 6.45) is 0. The van der Waals surface area contributed by atoms with Crippen molar-refractivity contribution in [1.82, 2.24) is 10.2 Å². The van der Waals surface area contributed by atoms with Crippen LogP contribution in [0.4, 0.5) is 5.69 Å². The summed E-state index contributed by atoms with van der Waals surface area (Å²) in [6.45, 7) is 0. The molecule has 0 radical (unpaired) electrons. The number of nitrogens with zero attached hydrogens (tertiary/aromatic N) is 2. The SMILES string of the molecule is Nc1cc(CSc2nncs2)ccc1O. The van der Waals surface area contributed by atoms with Gasteiger partial charge in [-0.05, 0) is 17.7 Å². The molecule has 0 saturated carbocycles. The number of hydrogen-bond acceptors (Lipinski definition) is 6. The molecule has 0 aliphatic carbocycles. The first-order valence-corrected chi connectivity index (χ1v) is 6.08. The molecule has 0 aliphatic rings. The monoisotopic (exact) mass is 239 g/mol. The van der Waals surface area contributed by atoms with Gasteiger partial charge in [0.1, 0.15) is 11.3 Å². The van der Waals surface area contributed by atoms with Crippen LogP contribution in [0.2, 0.25) is 0 Å². The Morgan fingerprint density at radius 2 is 2.33 bits per heavy atom. The van der Waals surface area contributed by atoms with Crippen molar-refractivity contribution in [3.05, 3.63) is 29.3 Å². The predicted molar refractivity (Wildman–Crippen MR) is 62.0 cm³/mol. The van der Waals surface area contributed by atoms with Crippen molar-refractivity contribution in [2.24, 2.45) is 0 Å². The standard InChI is InChI=1S/C9H9N3OS2/c10-7-3-6(1-2-8(7)13)4-14-9-12-11-5-15-9/h1-3,5,13H,4,10H2. The Hall–Kier alpha value is -1.27. The van der Waals surface area contributed by atoms with Gasteiger partial charge in [0, 0.05) is 5.75 Å². The van der Waals surface area contributed by atoms with Gasteiger partial charge in [-0.1, -0.05) is 29.2 Å². The Morgan fingerprint density at radius 1 is 1.47 bits per heavy atom. The molecule has 6 heteroatoms. The number of anilines is 1. The molecule has 1 heterocycles. The van der Waals surface area contributed by atoms with Gasteiger partial charge in [0.15, 0.2) is 4.34 Å². The molecule has 1 aromatic heterocycles. The Kier molecular flexibility index (Phi) is 3.08. The molecule has 4 nitrogen and oxygen atoms in total. The third kappa shape index (κ3) is 2.60. The van der Waals surface area contributed by atoms with Gasteiger partial charge in [0.2, 0.25) is 0 Å². The van der Waals surface area contributed by atoms with E-state index in [0.29, 0.717) is 5.69 Å². The second kappa shape index (κ2) is 4.50. The summed E-state index contributed by atoms with van der Waals surface area (Å²) in [5.74, 6) is 0.902. The van der Waals surface area contributed by atoms with Crippen molar-refractivity contribution < 1.29 is 5.11 Å². The van der Waals surface area contributed by atoms with Crippen LogP contribution in [0.5, 0.6) is 5.75 Å². The van der Waals surface area contributed by atoms with E-state index in [1.54, 1.807) is 29.4 Å². The zero-order valence-corrected chi connectivity index (χ0v) is 9.38. The molecular formula is C9H9N3OS2. The lowest BCUT2D eigenvalue weighted by molar-refractivity contribution is 0.478. The van der Waals surface area contributed by atoms with Crippen LogP contribution in [0.3, 0.4) is 0 Å². The average molecular weight is 239 g/mol. The molecule has 2 rings (SSSR count). The summed E-state index contributed by atoms with van der Waals surface area (Å²) in [5.41, 5.74) is 8.76. The lowest BCUT2D eigenvalue weighted by Crippen LogP contribution is -1.88. The predicted octanol–water partition coefficient (Wildman–Crippen LogP) is 2.12. The van der Waals surface area contributed by atoms with Crippen molar-refractivity contribution in [2.75, 3.05) is 5.73 Å². The van der Waals surface area contributed by atoms with E-state index in [9.17, 15) is 5.11 Å². The topological polar surface area (TPSA) is 72.0 Å². The highest BCUT2D eigenvalue weighted by Crippen LogP contribution is 2.27. The molecule has 78 valence electrons. The zero-order valence-electron chi connectivity index (χ0n) is 7.75. The molecule has 0 aliphatic heterocycles. The second-order valence-corrected chi connectivity index (χ2v) is 4.94. The zero-order chi connectivity index (χ0) is 10.7. The number of nitrogens with two attached hydrogens (primary N) is 1. The van der Waals surface area contributed by atoms with Crippen LogP contribution in [-0.2, 0) is 5.75 Å². The summed E-state index contributed by atoms with van der Waals surface area (Å²) in [6, 6.07) is 5.22. The van der Waals surface area contributed by atoms with Gasteiger partial charge in [0.25, 0.3) is 0 Å². The van der Waals surface area contributed by atoms with Crippen molar-refractivity contribution >= 4 is 28.8 Å². The van der Waals surface area contributed by atoms with E-state index in [1.807, 2.05) is 6.07 Å². The van der Waals surface area contributed by atoms with Gasteiger partial charge < -0.3 is 10.8 Å². The first-order chi connectivity index (χ1) is 7.25. The first kappa shape index (κ1) is 10.3. The fourth-order valence-corrected chi connectivity index (χ4v) is 2.50. The maximum absolute atomic E-state index is 9.24. The molecule has 0 fully saturated rings. The molecular weight excluding hydrogens is 230 g/mol. The van der Waals surface area contributed by atoms with E-state index in [4.69, 9.17) is 5.73 Å². The van der Waals surface area contributed by atoms with E-state index in [2.05, 4.69) is 10.2 Å². The Bertz CT molecular complexity index is 445. The van der Waals surface area contributed by atoms with E-state index in [1.165, 1.54) is 11.3 Å². The van der Waals surface area contributed by atoms with Crippen LogP contribution >= 0.6 is 23.1 Å². The Balaban J connectivity index is 2.02. The van der Waals surface area contributed by atoms with Crippen LogP contribution < -0.4 is 5.73 Å². The smallest absolute Gasteiger partial charge is 0.174 e. The maximum atomic E-state index is 9.24. The van der Waals surface area contributed by atoms with Crippen LogP contribution in [0.15, 0.2) is 28.0 Å². The molecule has 0 spiro atoms. The molecule has 0 unspecified atom stereocenters. The second-order valence-electron chi connectivity index (χ2n) is 2.89. The summed E-state index contributed by atoms with van der Waals surface area (Å²) in [4.78, 5) is 0. The molecule has 1 aromatic carbocycles. The lowest BCUT2D eigenvalue weighted by atomic mass is 10.2. The molecule has 0 saturated heterocycles. The van der Waals surface area contributed by atoms with Crippen LogP contribution in [0, 0.1) is 0 Å². The number of rotatable bonds is 3. The number of benzene rings is 1. The number of thioether (sulfide) groups is 1. The third-order valence-electron chi connectivity index (χ3n) is 1.79. The van der Waals surface area contributed by atoms with Crippen LogP contribution in [0.25, 0.3) is 0 Å². The van der Waals surface area contributed by atoms with Gasteiger partial charge in [-0.25, -0.2) is 0 Å². The van der Waals surface area contributed by atoms with Crippen LogP contribution in [0.1, 0.15) is 5.56 Å². The largest absolute Gasteiger partial charge is 0.506 e. The fraction of sp³-hybridized carbons (Fsp3) is 0.111. The van der Waals surface area contributed by atoms with E-state index >= 15 is 0 Å². The minimum absolute atomic E-state index is 0.125. The summed E-state index contributed by atoms with van der Waals surface area (Å²) in [5, 5.41) is 16.9. The lowest BCUT2D eigenvalue weighted by Gasteiger charge is -2.02. The maximum Gasteiger partial charge on any atom is 0.174 e. The minimum Gasteiger partial charge on any atom is -0.506 e. The molecule has 0 amide bonds.